The highest BCUT2D eigenvalue weighted by Gasteiger charge is 2.15. The standard InChI is InChI=1S/C23H19O2P.C12H14.C11H16.C7H10.C4H5N/c1-2-24-22-13-11-16-7-3-5-9-18(16)20(22)15-21-19-10-6-4-8-17(19)12-14-23(21)25-26;1-5-11-8-10(4)6-7-12(11)9(2)3;1-8(2)11-6-5-9(3)7-10(11)4;1-2-4-6-7-5-3-1;1-2-4-5-3-1/h2-14H,1,15,26H2;1,6-9H,2-4H3;5-8H,1-4H3;1-4H,5-7H2;1-5H. The lowest BCUT2D eigenvalue weighted by atomic mass is 9.93. The smallest absolute Gasteiger partial charge is 0.130 e. The molecule has 8 rings (SSSR count). The van der Waals surface area contributed by atoms with Gasteiger partial charge in [-0.25, -0.2) is 0 Å². The first-order chi connectivity index (χ1) is 29.6. The van der Waals surface area contributed by atoms with Gasteiger partial charge in [0.05, 0.1) is 15.7 Å². The van der Waals surface area contributed by atoms with E-state index in [4.69, 9.17) is 15.7 Å². The molecule has 0 saturated carbocycles. The first-order valence-electron chi connectivity index (χ1n) is 21.3. The molecule has 1 heterocycles. The van der Waals surface area contributed by atoms with Crippen LogP contribution in [0.4, 0.5) is 0 Å². The van der Waals surface area contributed by atoms with Gasteiger partial charge in [0.2, 0.25) is 0 Å². The number of nitrogens with one attached hydrogen (secondary N) is 1. The van der Waals surface area contributed by atoms with Crippen LogP contribution < -0.4 is 9.26 Å². The molecule has 1 atom stereocenters. The fourth-order valence-corrected chi connectivity index (χ4v) is 7.46. The molecule has 0 bridgehead atoms. The highest BCUT2D eigenvalue weighted by molar-refractivity contribution is 7.10. The average Bonchev–Trinajstić information content (AvgIpc) is 3.72. The number of aromatic amines is 1. The van der Waals surface area contributed by atoms with Crippen LogP contribution in [-0.4, -0.2) is 4.98 Å². The third-order valence-corrected chi connectivity index (χ3v) is 10.6. The number of fused-ring (bicyclic) bond motifs is 2. The molecule has 1 aliphatic rings. The Balaban J connectivity index is 0.000000194. The normalized spacial score (nSPS) is 11.4. The molecule has 3 nitrogen and oxygen atoms in total. The lowest BCUT2D eigenvalue weighted by molar-refractivity contribution is 0.479. The zero-order chi connectivity index (χ0) is 44.0. The van der Waals surface area contributed by atoms with E-state index in [1.165, 1.54) is 74.9 Å². The zero-order valence-corrected chi connectivity index (χ0v) is 38.4. The largest absolute Gasteiger partial charge is 0.480 e. The van der Waals surface area contributed by atoms with Gasteiger partial charge in [0.25, 0.3) is 0 Å². The van der Waals surface area contributed by atoms with Gasteiger partial charge >= 0.3 is 0 Å². The number of ether oxygens (including phenoxy) is 1. The summed E-state index contributed by atoms with van der Waals surface area (Å²) in [6.07, 6.45) is 23.8. The number of aryl methyl sites for hydroxylation is 3. The van der Waals surface area contributed by atoms with E-state index >= 15 is 0 Å². The predicted octanol–water partition coefficient (Wildman–Crippen LogP) is 16.1. The van der Waals surface area contributed by atoms with Crippen molar-refractivity contribution in [3.63, 3.8) is 0 Å². The van der Waals surface area contributed by atoms with Gasteiger partial charge in [0.15, 0.2) is 0 Å². The Morgan fingerprint density at radius 3 is 1.69 bits per heavy atom. The molecule has 61 heavy (non-hydrogen) atoms. The summed E-state index contributed by atoms with van der Waals surface area (Å²) in [4.78, 5) is 2.86. The van der Waals surface area contributed by atoms with Gasteiger partial charge in [-0.05, 0) is 126 Å². The van der Waals surface area contributed by atoms with E-state index in [1.807, 2.05) is 36.7 Å². The summed E-state index contributed by atoms with van der Waals surface area (Å²) in [5, 5.41) is 4.74. The van der Waals surface area contributed by atoms with Crippen LogP contribution in [0.1, 0.15) is 103 Å². The molecule has 0 aliphatic heterocycles. The lowest BCUT2D eigenvalue weighted by Gasteiger charge is -2.16. The third-order valence-electron chi connectivity index (χ3n) is 10.3. The van der Waals surface area contributed by atoms with E-state index < -0.39 is 0 Å². The molecule has 0 spiro atoms. The van der Waals surface area contributed by atoms with Gasteiger partial charge in [0.1, 0.15) is 11.5 Å². The number of terminal acetylenes is 1. The monoisotopic (exact) mass is 825 g/mol. The van der Waals surface area contributed by atoms with Crippen molar-refractivity contribution in [2.45, 2.75) is 86.0 Å². The number of benzene rings is 6. The molecule has 0 radical (unpaired) electrons. The molecule has 0 fully saturated rings. The van der Waals surface area contributed by atoms with Gasteiger partial charge in [-0.3, -0.25) is 0 Å². The van der Waals surface area contributed by atoms with Gasteiger partial charge in [0, 0.05) is 35.5 Å². The Bertz CT molecular complexity index is 2490. The van der Waals surface area contributed by atoms with E-state index in [2.05, 4.69) is 197 Å². The molecule has 1 aromatic heterocycles. The summed E-state index contributed by atoms with van der Waals surface area (Å²) in [7, 11) is 2.36. The Labute approximate surface area is 368 Å². The van der Waals surface area contributed by atoms with Crippen LogP contribution >= 0.6 is 9.47 Å². The summed E-state index contributed by atoms with van der Waals surface area (Å²) in [5.74, 6) is 5.55. The molecule has 7 aromatic rings. The van der Waals surface area contributed by atoms with Crippen LogP contribution in [0.15, 0.2) is 171 Å². The van der Waals surface area contributed by atoms with Crippen molar-refractivity contribution < 1.29 is 9.26 Å². The Hall–Kier alpha value is -6.07. The molecular formula is C57H64NO2P. The van der Waals surface area contributed by atoms with E-state index in [1.54, 1.807) is 0 Å². The van der Waals surface area contributed by atoms with E-state index in [9.17, 15) is 0 Å². The summed E-state index contributed by atoms with van der Waals surface area (Å²) in [5.41, 5.74) is 10.0. The summed E-state index contributed by atoms with van der Waals surface area (Å²) < 4.78 is 11.3. The maximum Gasteiger partial charge on any atom is 0.130 e. The minimum absolute atomic E-state index is 0.511. The molecule has 1 N–H and O–H groups in total. The SMILES string of the molecule is C#Cc1cc(C)ccc1C(C)C.C1=CCCCC=C1.C=COc1ccc2ccccc2c1Cc1c(OP)ccc2ccccc12.Cc1ccc(C(C)C)c(C)c1.c1cc[nH]c1. The van der Waals surface area contributed by atoms with Gasteiger partial charge < -0.3 is 14.2 Å². The molecule has 0 amide bonds. The molecular weight excluding hydrogens is 762 g/mol. The van der Waals surface area contributed by atoms with Crippen molar-refractivity contribution in [3.8, 4) is 23.8 Å². The van der Waals surface area contributed by atoms with Gasteiger partial charge in [-0.2, -0.15) is 0 Å². The minimum atomic E-state index is 0.511. The number of H-pyrrole nitrogens is 1. The second kappa shape index (κ2) is 25.5. The Morgan fingerprint density at radius 2 is 1.20 bits per heavy atom. The minimum Gasteiger partial charge on any atom is -0.480 e. The fraction of sp³-hybridized carbons (Fsp3) is 0.228. The van der Waals surface area contributed by atoms with Crippen molar-refractivity contribution in [2.75, 3.05) is 0 Å². The van der Waals surface area contributed by atoms with Crippen LogP contribution in [0.3, 0.4) is 0 Å². The molecule has 1 aliphatic carbocycles. The van der Waals surface area contributed by atoms with Crippen LogP contribution in [0.2, 0.25) is 0 Å². The Kier molecular flexibility index (Phi) is 19.9. The van der Waals surface area contributed by atoms with Crippen molar-refractivity contribution >= 4 is 31.0 Å². The van der Waals surface area contributed by atoms with Crippen LogP contribution in [-0.2, 0) is 6.42 Å². The van der Waals surface area contributed by atoms with E-state index in [-0.39, 0.29) is 0 Å². The second-order valence-corrected chi connectivity index (χ2v) is 15.9. The van der Waals surface area contributed by atoms with Crippen molar-refractivity contribution in [1.29, 1.82) is 0 Å². The van der Waals surface area contributed by atoms with Gasteiger partial charge in [-0.15, -0.1) is 6.42 Å². The maximum atomic E-state index is 5.72. The van der Waals surface area contributed by atoms with Crippen molar-refractivity contribution in [1.82, 2.24) is 4.98 Å². The number of hydrogen-bond donors (Lipinski definition) is 1. The molecule has 1 unspecified atom stereocenters. The van der Waals surface area contributed by atoms with Crippen molar-refractivity contribution in [3.05, 3.63) is 215 Å². The van der Waals surface area contributed by atoms with Crippen LogP contribution in [0.25, 0.3) is 21.5 Å². The molecule has 0 saturated heterocycles. The van der Waals surface area contributed by atoms with Crippen LogP contribution in [0, 0.1) is 33.1 Å². The third kappa shape index (κ3) is 14.9. The summed E-state index contributed by atoms with van der Waals surface area (Å²) in [6.45, 7) is 18.9. The predicted molar refractivity (Wildman–Crippen MR) is 268 cm³/mol. The van der Waals surface area contributed by atoms with Crippen LogP contribution in [0.5, 0.6) is 11.5 Å². The number of hydrogen-bond acceptors (Lipinski definition) is 2. The maximum absolute atomic E-state index is 5.72. The highest BCUT2D eigenvalue weighted by Crippen LogP contribution is 2.36. The molecule has 6 aromatic carbocycles. The molecule has 4 heteroatoms. The highest BCUT2D eigenvalue weighted by atomic mass is 31.0. The zero-order valence-electron chi connectivity index (χ0n) is 37.2. The summed E-state index contributed by atoms with van der Waals surface area (Å²) in [6, 6.07) is 41.8. The quantitative estimate of drug-likeness (QED) is 0.0987. The first kappa shape index (κ1) is 47.6. The lowest BCUT2D eigenvalue weighted by Crippen LogP contribution is -1.97. The summed E-state index contributed by atoms with van der Waals surface area (Å²) >= 11 is 0. The number of rotatable bonds is 7. The number of aromatic nitrogens is 1. The Morgan fingerprint density at radius 1 is 0.672 bits per heavy atom. The van der Waals surface area contributed by atoms with Crippen molar-refractivity contribution in [2.24, 2.45) is 0 Å². The second-order valence-electron chi connectivity index (χ2n) is 15.7. The average molecular weight is 826 g/mol. The van der Waals surface area contributed by atoms with E-state index in [0.29, 0.717) is 18.3 Å². The topological polar surface area (TPSA) is 34.2 Å². The van der Waals surface area contributed by atoms with E-state index in [0.717, 1.165) is 28.2 Å². The number of allylic oxidation sites excluding steroid dienone is 4. The van der Waals surface area contributed by atoms with Gasteiger partial charge in [-0.1, -0.05) is 161 Å². The molecule has 314 valence electrons. The first-order valence-corrected chi connectivity index (χ1v) is 21.7. The fourth-order valence-electron chi connectivity index (χ4n) is 7.24.